The molecule has 0 amide bonds. The minimum Gasteiger partial charge on any atom is -0.376 e. The third kappa shape index (κ3) is 4.44. The molecule has 0 aliphatic heterocycles. The summed E-state index contributed by atoms with van der Waals surface area (Å²) >= 11 is 0. The molecule has 2 aromatic carbocycles. The van der Waals surface area contributed by atoms with E-state index in [0.29, 0.717) is 0 Å². The summed E-state index contributed by atoms with van der Waals surface area (Å²) in [6.07, 6.45) is 2.24. The summed E-state index contributed by atoms with van der Waals surface area (Å²) in [7, 11) is 0. The highest BCUT2D eigenvalue weighted by atomic mass is 19.1. The number of aliphatic hydroxyl groups excluding tert-OH is 1. The molecule has 0 radical (unpaired) electrons. The largest absolute Gasteiger partial charge is 0.376 e. The minimum absolute atomic E-state index is 0.242. The van der Waals surface area contributed by atoms with E-state index in [1.54, 1.807) is 12.1 Å². The van der Waals surface area contributed by atoms with Gasteiger partial charge in [-0.15, -0.1) is 5.92 Å². The Morgan fingerprint density at radius 1 is 1.00 bits per heavy atom. The van der Waals surface area contributed by atoms with Crippen molar-refractivity contribution in [1.82, 2.24) is 0 Å². The van der Waals surface area contributed by atoms with Crippen molar-refractivity contribution in [1.29, 1.82) is 0 Å². The first kappa shape index (κ1) is 15.3. The summed E-state index contributed by atoms with van der Waals surface area (Å²) in [5.74, 6) is 5.61. The Kier molecular flexibility index (Phi) is 5.54. The van der Waals surface area contributed by atoms with E-state index in [0.717, 1.165) is 36.0 Å². The molecule has 1 unspecified atom stereocenters. The van der Waals surface area contributed by atoms with Crippen LogP contribution in [0.1, 0.15) is 37.9 Å². The first-order valence-electron chi connectivity index (χ1n) is 7.23. The van der Waals surface area contributed by atoms with Crippen LogP contribution in [0.25, 0.3) is 11.1 Å². The van der Waals surface area contributed by atoms with Crippen LogP contribution in [-0.4, -0.2) is 5.11 Å². The van der Waals surface area contributed by atoms with Crippen LogP contribution in [0.5, 0.6) is 0 Å². The highest BCUT2D eigenvalue weighted by Crippen LogP contribution is 2.22. The van der Waals surface area contributed by atoms with Gasteiger partial charge in [0.2, 0.25) is 0 Å². The lowest BCUT2D eigenvalue weighted by molar-refractivity contribution is 0.238. The maximum Gasteiger partial charge on any atom is 0.140 e. The number of halogens is 1. The lowest BCUT2D eigenvalue weighted by Gasteiger charge is -2.06. The molecule has 0 fully saturated rings. The Hall–Kier alpha value is -2.11. The van der Waals surface area contributed by atoms with E-state index in [4.69, 9.17) is 0 Å². The minimum atomic E-state index is -0.746. The van der Waals surface area contributed by atoms with Crippen LogP contribution < -0.4 is 0 Å². The van der Waals surface area contributed by atoms with E-state index in [2.05, 4.69) is 18.8 Å². The zero-order valence-corrected chi connectivity index (χ0v) is 12.1. The van der Waals surface area contributed by atoms with Crippen molar-refractivity contribution >= 4 is 0 Å². The molecule has 1 N–H and O–H groups in total. The predicted octanol–water partition coefficient (Wildman–Crippen LogP) is 4.72. The molecule has 2 rings (SSSR count). The van der Waals surface area contributed by atoms with Crippen LogP contribution in [0.4, 0.5) is 4.39 Å². The van der Waals surface area contributed by atoms with Crippen LogP contribution in [0, 0.1) is 17.7 Å². The highest BCUT2D eigenvalue weighted by Gasteiger charge is 2.04. The van der Waals surface area contributed by atoms with E-state index in [1.165, 1.54) is 12.1 Å². The lowest BCUT2D eigenvalue weighted by Crippen LogP contribution is -1.93. The number of unbranched alkanes of at least 4 members (excludes halogenated alkanes) is 2. The molecular weight excluding hydrogens is 263 g/mol. The molecule has 2 heteroatoms. The van der Waals surface area contributed by atoms with E-state index in [1.807, 2.05) is 24.3 Å². The van der Waals surface area contributed by atoms with Crippen molar-refractivity contribution in [2.24, 2.45) is 0 Å². The molecule has 0 aliphatic rings. The summed E-state index contributed by atoms with van der Waals surface area (Å²) in [6.45, 7) is 2.12. The van der Waals surface area contributed by atoms with Crippen LogP contribution in [0.2, 0.25) is 0 Å². The molecule has 1 atom stereocenters. The normalized spacial score (nSPS) is 11.6. The second kappa shape index (κ2) is 7.61. The molecule has 1 nitrogen and oxygen atoms in total. The maximum absolute atomic E-state index is 12.9. The number of aliphatic hydroxyl groups is 1. The van der Waals surface area contributed by atoms with Gasteiger partial charge in [-0.1, -0.05) is 55.7 Å². The smallest absolute Gasteiger partial charge is 0.140 e. The summed E-state index contributed by atoms with van der Waals surface area (Å²) in [4.78, 5) is 0. The average Bonchev–Trinajstić information content (AvgIpc) is 2.52. The molecule has 0 aromatic heterocycles. The first-order valence-corrected chi connectivity index (χ1v) is 7.23. The number of benzene rings is 2. The second-order valence-corrected chi connectivity index (χ2v) is 4.96. The first-order chi connectivity index (χ1) is 10.2. The third-order valence-electron chi connectivity index (χ3n) is 3.30. The molecule has 0 spiro atoms. The molecule has 108 valence electrons. The lowest BCUT2D eigenvalue weighted by atomic mass is 10.0. The molecule has 0 aliphatic carbocycles. The Labute approximate surface area is 125 Å². The monoisotopic (exact) mass is 282 g/mol. The number of hydrogen-bond acceptors (Lipinski definition) is 1. The Balaban J connectivity index is 2.07. The topological polar surface area (TPSA) is 20.2 Å². The Morgan fingerprint density at radius 3 is 2.14 bits per heavy atom. The van der Waals surface area contributed by atoms with E-state index in [-0.39, 0.29) is 5.82 Å². The van der Waals surface area contributed by atoms with Crippen molar-refractivity contribution in [3.05, 3.63) is 59.9 Å². The van der Waals surface area contributed by atoms with Gasteiger partial charge >= 0.3 is 0 Å². The Morgan fingerprint density at radius 2 is 1.57 bits per heavy atom. The van der Waals surface area contributed by atoms with Crippen molar-refractivity contribution in [3.8, 4) is 23.0 Å². The van der Waals surface area contributed by atoms with Crippen LogP contribution >= 0.6 is 0 Å². The standard InChI is InChI=1S/C19H19FO/c1-2-3-4-5-6-19(21)17-9-7-15(8-10-17)16-11-13-18(20)14-12-16/h7-14,19,21H,2-4H2,1H3. The van der Waals surface area contributed by atoms with Crippen molar-refractivity contribution in [2.75, 3.05) is 0 Å². The quantitative estimate of drug-likeness (QED) is 0.635. The fourth-order valence-electron chi connectivity index (χ4n) is 2.02. The van der Waals surface area contributed by atoms with Crippen LogP contribution in [-0.2, 0) is 0 Å². The fraction of sp³-hybridized carbons (Fsp3) is 0.263. The van der Waals surface area contributed by atoms with Gasteiger partial charge in [0.15, 0.2) is 0 Å². The fourth-order valence-corrected chi connectivity index (χ4v) is 2.02. The van der Waals surface area contributed by atoms with Crippen molar-refractivity contribution in [2.45, 2.75) is 32.3 Å². The van der Waals surface area contributed by atoms with Crippen LogP contribution in [0.3, 0.4) is 0 Å². The molecular formula is C19H19FO. The van der Waals surface area contributed by atoms with Gasteiger partial charge in [0, 0.05) is 6.42 Å². The summed E-state index contributed by atoms with van der Waals surface area (Å²) in [6, 6.07) is 13.9. The summed E-state index contributed by atoms with van der Waals surface area (Å²) < 4.78 is 12.9. The molecule has 0 heterocycles. The van der Waals surface area contributed by atoms with E-state index >= 15 is 0 Å². The van der Waals surface area contributed by atoms with Gasteiger partial charge < -0.3 is 5.11 Å². The van der Waals surface area contributed by atoms with Crippen LogP contribution in [0.15, 0.2) is 48.5 Å². The molecule has 0 bridgehead atoms. The van der Waals surface area contributed by atoms with E-state index < -0.39 is 6.10 Å². The summed E-state index contributed by atoms with van der Waals surface area (Å²) in [5.41, 5.74) is 2.72. The average molecular weight is 282 g/mol. The van der Waals surface area contributed by atoms with Gasteiger partial charge in [-0.2, -0.15) is 0 Å². The van der Waals surface area contributed by atoms with Gasteiger partial charge in [0.25, 0.3) is 0 Å². The zero-order chi connectivity index (χ0) is 15.1. The van der Waals surface area contributed by atoms with Gasteiger partial charge in [-0.05, 0) is 35.2 Å². The number of rotatable bonds is 4. The van der Waals surface area contributed by atoms with Crippen molar-refractivity contribution < 1.29 is 9.50 Å². The maximum atomic E-state index is 12.9. The molecule has 21 heavy (non-hydrogen) atoms. The summed E-state index contributed by atoms with van der Waals surface area (Å²) in [5, 5.41) is 9.99. The molecule has 0 saturated heterocycles. The molecule has 2 aromatic rings. The van der Waals surface area contributed by atoms with Crippen molar-refractivity contribution in [3.63, 3.8) is 0 Å². The third-order valence-corrected chi connectivity index (χ3v) is 3.30. The van der Waals surface area contributed by atoms with Gasteiger partial charge in [-0.25, -0.2) is 4.39 Å². The van der Waals surface area contributed by atoms with Gasteiger partial charge in [-0.3, -0.25) is 0 Å². The predicted molar refractivity (Wildman–Crippen MR) is 84.1 cm³/mol. The number of hydrogen-bond donors (Lipinski definition) is 1. The second-order valence-electron chi connectivity index (χ2n) is 4.96. The SMILES string of the molecule is CCCCC#CC(O)c1ccc(-c2ccc(F)cc2)cc1. The highest BCUT2D eigenvalue weighted by molar-refractivity contribution is 5.63. The van der Waals surface area contributed by atoms with Gasteiger partial charge in [0.05, 0.1) is 0 Å². The molecule has 0 saturated carbocycles. The van der Waals surface area contributed by atoms with E-state index in [9.17, 15) is 9.50 Å². The zero-order valence-electron chi connectivity index (χ0n) is 12.1. The van der Waals surface area contributed by atoms with Gasteiger partial charge in [0.1, 0.15) is 11.9 Å². The Bertz CT molecular complexity index is 617.